The number of ether oxygens (including phenoxy) is 1. The number of benzene rings is 3. The van der Waals surface area contributed by atoms with E-state index in [4.69, 9.17) is 4.74 Å². The third kappa shape index (κ3) is 4.10. The number of para-hydroxylation sites is 1. The van der Waals surface area contributed by atoms with E-state index in [0.29, 0.717) is 19.4 Å². The molecule has 1 N–H and O–H groups in total. The molecule has 3 aromatic carbocycles. The number of amides is 1. The summed E-state index contributed by atoms with van der Waals surface area (Å²) >= 11 is 0. The summed E-state index contributed by atoms with van der Waals surface area (Å²) in [5, 5.41) is 5.17. The molecule has 0 atom stereocenters. The van der Waals surface area contributed by atoms with E-state index in [1.54, 1.807) is 0 Å². The molecule has 0 bridgehead atoms. The number of fused-ring (bicyclic) bond motifs is 1. The Morgan fingerprint density at radius 2 is 1.61 bits per heavy atom. The molecular weight excluding hydrogens is 286 g/mol. The van der Waals surface area contributed by atoms with Crippen LogP contribution in [0.5, 0.6) is 5.75 Å². The van der Waals surface area contributed by atoms with Crippen LogP contribution in [0.1, 0.15) is 12.8 Å². The molecule has 0 aliphatic heterocycles. The summed E-state index contributed by atoms with van der Waals surface area (Å²) in [7, 11) is 0. The Morgan fingerprint density at radius 1 is 0.870 bits per heavy atom. The molecule has 0 aliphatic rings. The van der Waals surface area contributed by atoms with Crippen molar-refractivity contribution < 1.29 is 9.53 Å². The van der Waals surface area contributed by atoms with Crippen molar-refractivity contribution in [1.29, 1.82) is 0 Å². The molecule has 0 saturated carbocycles. The molecule has 23 heavy (non-hydrogen) atoms. The van der Waals surface area contributed by atoms with Crippen LogP contribution in [0.25, 0.3) is 10.8 Å². The Kier molecular flexibility index (Phi) is 4.89. The molecule has 0 saturated heterocycles. The first-order chi connectivity index (χ1) is 11.3. The topological polar surface area (TPSA) is 38.3 Å². The smallest absolute Gasteiger partial charge is 0.224 e. The van der Waals surface area contributed by atoms with E-state index in [0.717, 1.165) is 22.2 Å². The van der Waals surface area contributed by atoms with E-state index in [1.807, 2.05) is 72.8 Å². The van der Waals surface area contributed by atoms with Crippen molar-refractivity contribution in [1.82, 2.24) is 0 Å². The zero-order chi connectivity index (χ0) is 15.9. The second-order valence-electron chi connectivity index (χ2n) is 5.34. The number of carbonyl (C=O) groups is 1. The minimum atomic E-state index is 0.0121. The van der Waals surface area contributed by atoms with Gasteiger partial charge in [0.1, 0.15) is 5.75 Å². The fraction of sp³-hybridized carbons (Fsp3) is 0.150. The molecule has 0 heterocycles. The number of hydrogen-bond donors (Lipinski definition) is 1. The number of rotatable bonds is 6. The van der Waals surface area contributed by atoms with E-state index in [-0.39, 0.29) is 5.91 Å². The van der Waals surface area contributed by atoms with Crippen LogP contribution in [0.4, 0.5) is 5.69 Å². The molecule has 3 nitrogen and oxygen atoms in total. The molecule has 0 unspecified atom stereocenters. The van der Waals surface area contributed by atoms with Crippen LogP contribution in [0.2, 0.25) is 0 Å². The van der Waals surface area contributed by atoms with Gasteiger partial charge in [0.15, 0.2) is 0 Å². The molecular formula is C20H19NO2. The Labute approximate surface area is 135 Å². The molecule has 3 rings (SSSR count). The lowest BCUT2D eigenvalue weighted by atomic mass is 10.1. The van der Waals surface area contributed by atoms with Gasteiger partial charge in [-0.15, -0.1) is 0 Å². The quantitative estimate of drug-likeness (QED) is 0.674. The minimum absolute atomic E-state index is 0.0121. The normalized spacial score (nSPS) is 10.4. The highest BCUT2D eigenvalue weighted by molar-refractivity contribution is 6.02. The van der Waals surface area contributed by atoms with Crippen LogP contribution in [0, 0.1) is 0 Å². The van der Waals surface area contributed by atoms with Crippen LogP contribution in [0.3, 0.4) is 0 Å². The maximum absolute atomic E-state index is 12.1. The van der Waals surface area contributed by atoms with Crippen LogP contribution >= 0.6 is 0 Å². The zero-order valence-electron chi connectivity index (χ0n) is 12.9. The Bertz CT molecular complexity index is 779. The maximum Gasteiger partial charge on any atom is 0.224 e. The van der Waals surface area contributed by atoms with Crippen molar-refractivity contribution in [3.05, 3.63) is 72.8 Å². The van der Waals surface area contributed by atoms with E-state index >= 15 is 0 Å². The van der Waals surface area contributed by atoms with Gasteiger partial charge in [-0.1, -0.05) is 54.6 Å². The summed E-state index contributed by atoms with van der Waals surface area (Å²) in [4.78, 5) is 12.1. The lowest BCUT2D eigenvalue weighted by Crippen LogP contribution is -2.13. The average molecular weight is 305 g/mol. The highest BCUT2D eigenvalue weighted by atomic mass is 16.5. The van der Waals surface area contributed by atoms with Gasteiger partial charge in [0, 0.05) is 17.5 Å². The summed E-state index contributed by atoms with van der Waals surface area (Å²) in [5.74, 6) is 0.847. The monoisotopic (exact) mass is 305 g/mol. The SMILES string of the molecule is O=C(CCCOc1ccccc1)Nc1cccc2ccccc12. The van der Waals surface area contributed by atoms with Crippen molar-refractivity contribution in [3.8, 4) is 5.75 Å². The van der Waals surface area contributed by atoms with Gasteiger partial charge >= 0.3 is 0 Å². The predicted molar refractivity (Wildman–Crippen MR) is 93.7 cm³/mol. The zero-order valence-corrected chi connectivity index (χ0v) is 12.9. The molecule has 0 spiro atoms. The van der Waals surface area contributed by atoms with Crippen molar-refractivity contribution in [2.24, 2.45) is 0 Å². The van der Waals surface area contributed by atoms with E-state index in [2.05, 4.69) is 5.32 Å². The summed E-state index contributed by atoms with van der Waals surface area (Å²) in [6.07, 6.45) is 1.13. The molecule has 3 aromatic rings. The van der Waals surface area contributed by atoms with E-state index in [1.165, 1.54) is 0 Å². The highest BCUT2D eigenvalue weighted by Crippen LogP contribution is 2.23. The number of hydrogen-bond acceptors (Lipinski definition) is 2. The van der Waals surface area contributed by atoms with Gasteiger partial charge in [0.05, 0.1) is 6.61 Å². The lowest BCUT2D eigenvalue weighted by Gasteiger charge is -2.09. The van der Waals surface area contributed by atoms with Crippen molar-refractivity contribution in [3.63, 3.8) is 0 Å². The molecule has 116 valence electrons. The molecule has 0 fully saturated rings. The van der Waals surface area contributed by atoms with Crippen LogP contribution in [-0.2, 0) is 4.79 Å². The van der Waals surface area contributed by atoms with Crippen molar-refractivity contribution in [2.75, 3.05) is 11.9 Å². The van der Waals surface area contributed by atoms with Gasteiger partial charge in [-0.3, -0.25) is 4.79 Å². The molecule has 0 aromatic heterocycles. The maximum atomic E-state index is 12.1. The summed E-state index contributed by atoms with van der Waals surface area (Å²) in [6.45, 7) is 0.535. The predicted octanol–water partition coefficient (Wildman–Crippen LogP) is 4.64. The van der Waals surface area contributed by atoms with Crippen molar-refractivity contribution in [2.45, 2.75) is 12.8 Å². The standard InChI is InChI=1S/C20H19NO2/c22-20(14-7-15-23-17-10-2-1-3-11-17)21-19-13-6-9-16-8-4-5-12-18(16)19/h1-6,8-13H,7,14-15H2,(H,21,22). The minimum Gasteiger partial charge on any atom is -0.494 e. The molecule has 1 amide bonds. The molecule has 0 aliphatic carbocycles. The number of anilines is 1. The summed E-state index contributed by atoms with van der Waals surface area (Å²) in [5.41, 5.74) is 0.858. The fourth-order valence-corrected chi connectivity index (χ4v) is 2.49. The lowest BCUT2D eigenvalue weighted by molar-refractivity contribution is -0.116. The van der Waals surface area contributed by atoms with Gasteiger partial charge < -0.3 is 10.1 Å². The fourth-order valence-electron chi connectivity index (χ4n) is 2.49. The van der Waals surface area contributed by atoms with E-state index < -0.39 is 0 Å². The Balaban J connectivity index is 1.51. The van der Waals surface area contributed by atoms with Gasteiger partial charge in [0.25, 0.3) is 0 Å². The van der Waals surface area contributed by atoms with Crippen LogP contribution in [-0.4, -0.2) is 12.5 Å². The third-order valence-electron chi connectivity index (χ3n) is 3.62. The Hall–Kier alpha value is -2.81. The second kappa shape index (κ2) is 7.45. The van der Waals surface area contributed by atoms with Crippen molar-refractivity contribution >= 4 is 22.4 Å². The van der Waals surface area contributed by atoms with Gasteiger partial charge in [-0.25, -0.2) is 0 Å². The third-order valence-corrected chi connectivity index (χ3v) is 3.62. The summed E-state index contributed by atoms with van der Waals surface area (Å²) < 4.78 is 5.60. The second-order valence-corrected chi connectivity index (χ2v) is 5.34. The Morgan fingerprint density at radius 3 is 2.48 bits per heavy atom. The van der Waals surface area contributed by atoms with Gasteiger partial charge in [-0.2, -0.15) is 0 Å². The number of carbonyl (C=O) groups excluding carboxylic acids is 1. The van der Waals surface area contributed by atoms with Crippen LogP contribution < -0.4 is 10.1 Å². The first-order valence-corrected chi connectivity index (χ1v) is 7.78. The highest BCUT2D eigenvalue weighted by Gasteiger charge is 2.05. The molecule has 0 radical (unpaired) electrons. The summed E-state index contributed by atoms with van der Waals surface area (Å²) in [6, 6.07) is 23.6. The first kappa shape index (κ1) is 15.1. The van der Waals surface area contributed by atoms with E-state index in [9.17, 15) is 4.79 Å². The largest absolute Gasteiger partial charge is 0.494 e. The van der Waals surface area contributed by atoms with Crippen LogP contribution in [0.15, 0.2) is 72.8 Å². The van der Waals surface area contributed by atoms with Gasteiger partial charge in [0.2, 0.25) is 5.91 Å². The number of nitrogens with one attached hydrogen (secondary N) is 1. The van der Waals surface area contributed by atoms with Gasteiger partial charge in [-0.05, 0) is 30.0 Å². The first-order valence-electron chi connectivity index (χ1n) is 7.78. The molecule has 3 heteroatoms. The average Bonchev–Trinajstić information content (AvgIpc) is 2.60.